The Morgan fingerprint density at radius 2 is 1.94 bits per heavy atom. The van der Waals surface area contributed by atoms with Gasteiger partial charge in [-0.15, -0.1) is 0 Å². The number of hydrogen-bond donors (Lipinski definition) is 1. The molecule has 174 valence electrons. The Kier molecular flexibility index (Phi) is 8.28. The lowest BCUT2D eigenvalue weighted by molar-refractivity contribution is -0.119. The zero-order chi connectivity index (χ0) is 22.4. The van der Waals surface area contributed by atoms with Gasteiger partial charge in [-0.05, 0) is 38.1 Å². The smallest absolute Gasteiger partial charge is 0.217 e. The summed E-state index contributed by atoms with van der Waals surface area (Å²) in [6, 6.07) is 2.53. The summed E-state index contributed by atoms with van der Waals surface area (Å²) < 4.78 is 5.26. The molecule has 0 bridgehead atoms. The van der Waals surface area contributed by atoms with Crippen molar-refractivity contribution in [1.29, 1.82) is 0 Å². The number of anilines is 1. The highest BCUT2D eigenvalue weighted by molar-refractivity contribution is 5.73. The van der Waals surface area contributed by atoms with E-state index < -0.39 is 0 Å². The van der Waals surface area contributed by atoms with Gasteiger partial charge in [0.25, 0.3) is 0 Å². The molecule has 2 atom stereocenters. The van der Waals surface area contributed by atoms with Crippen LogP contribution in [-0.2, 0) is 21.4 Å². The molecule has 1 saturated heterocycles. The largest absolute Gasteiger partial charge is 0.384 e. The molecular weight excluding hydrogens is 390 g/mol. The van der Waals surface area contributed by atoms with Crippen molar-refractivity contribution in [2.45, 2.75) is 71.3 Å². The normalized spacial score (nSPS) is 22.7. The minimum Gasteiger partial charge on any atom is -0.384 e. The third-order valence-electron chi connectivity index (χ3n) is 6.50. The molecule has 2 unspecified atom stereocenters. The lowest BCUT2D eigenvalue weighted by atomic mass is 9.95. The lowest BCUT2D eigenvalue weighted by Gasteiger charge is -2.36. The standard InChI is InChI=1S/C24H41N5O2/c1-18(30)25-20-7-6-19(16-20)8-10-28-11-13-29(14-12-28)22-17-21(9-15-31-5)26-23(27-22)24(2,3)4/h17,19-20H,6-16H2,1-5H3,(H,25,30). The zero-order valence-corrected chi connectivity index (χ0v) is 20.1. The van der Waals surface area contributed by atoms with Crippen LogP contribution in [0.15, 0.2) is 6.07 Å². The highest BCUT2D eigenvalue weighted by atomic mass is 16.5. The number of hydrogen-bond acceptors (Lipinski definition) is 6. The molecule has 0 spiro atoms. The van der Waals surface area contributed by atoms with E-state index >= 15 is 0 Å². The fourth-order valence-corrected chi connectivity index (χ4v) is 4.64. The number of carbonyl (C=O) groups excluding carboxylic acids is 1. The lowest BCUT2D eigenvalue weighted by Crippen LogP contribution is -2.47. The molecule has 2 heterocycles. The van der Waals surface area contributed by atoms with E-state index in [0.29, 0.717) is 12.6 Å². The number of methoxy groups -OCH3 is 1. The molecule has 1 aromatic rings. The third-order valence-corrected chi connectivity index (χ3v) is 6.50. The van der Waals surface area contributed by atoms with Crippen molar-refractivity contribution in [2.24, 2.45) is 5.92 Å². The van der Waals surface area contributed by atoms with Gasteiger partial charge < -0.3 is 15.0 Å². The number of aromatic nitrogens is 2. The Morgan fingerprint density at radius 1 is 1.19 bits per heavy atom. The van der Waals surface area contributed by atoms with Crippen LogP contribution in [0.2, 0.25) is 0 Å². The summed E-state index contributed by atoms with van der Waals surface area (Å²) in [6.07, 6.45) is 5.56. The molecule has 1 saturated carbocycles. The van der Waals surface area contributed by atoms with E-state index in [9.17, 15) is 4.79 Å². The monoisotopic (exact) mass is 431 g/mol. The second kappa shape index (κ2) is 10.7. The van der Waals surface area contributed by atoms with Crippen LogP contribution in [0.1, 0.15) is 64.9 Å². The number of piperazine rings is 1. The van der Waals surface area contributed by atoms with E-state index in [0.717, 1.165) is 75.2 Å². The number of ether oxygens (including phenoxy) is 1. The molecule has 1 aromatic heterocycles. The van der Waals surface area contributed by atoms with Crippen molar-refractivity contribution in [1.82, 2.24) is 20.2 Å². The molecule has 1 aliphatic heterocycles. The molecule has 0 radical (unpaired) electrons. The summed E-state index contributed by atoms with van der Waals surface area (Å²) in [5, 5.41) is 3.09. The van der Waals surface area contributed by atoms with Gasteiger partial charge in [-0.25, -0.2) is 9.97 Å². The number of amides is 1. The molecule has 2 aliphatic rings. The maximum Gasteiger partial charge on any atom is 0.217 e. The van der Waals surface area contributed by atoms with Gasteiger partial charge in [0.15, 0.2) is 0 Å². The molecule has 2 fully saturated rings. The van der Waals surface area contributed by atoms with Crippen LogP contribution >= 0.6 is 0 Å². The average molecular weight is 432 g/mol. The van der Waals surface area contributed by atoms with Crippen LogP contribution in [0.4, 0.5) is 5.82 Å². The molecule has 1 amide bonds. The van der Waals surface area contributed by atoms with Gasteiger partial charge in [-0.3, -0.25) is 9.69 Å². The SMILES string of the molecule is COCCc1cc(N2CCN(CCC3CCC(NC(C)=O)C3)CC2)nc(C(C)(C)C)n1. The van der Waals surface area contributed by atoms with Gasteiger partial charge in [-0.2, -0.15) is 0 Å². The number of nitrogens with zero attached hydrogens (tertiary/aromatic N) is 4. The molecule has 7 heteroatoms. The highest BCUT2D eigenvalue weighted by Crippen LogP contribution is 2.29. The van der Waals surface area contributed by atoms with Crippen LogP contribution < -0.4 is 10.2 Å². The van der Waals surface area contributed by atoms with Gasteiger partial charge >= 0.3 is 0 Å². The summed E-state index contributed by atoms with van der Waals surface area (Å²) in [5.41, 5.74) is 0.991. The van der Waals surface area contributed by atoms with Crippen molar-refractivity contribution in [2.75, 3.05) is 51.3 Å². The minimum atomic E-state index is -0.0734. The maximum absolute atomic E-state index is 11.3. The fraction of sp³-hybridized carbons (Fsp3) is 0.792. The van der Waals surface area contributed by atoms with E-state index in [4.69, 9.17) is 14.7 Å². The molecular formula is C24H41N5O2. The molecule has 0 aromatic carbocycles. The van der Waals surface area contributed by atoms with Crippen molar-refractivity contribution >= 4 is 11.7 Å². The Bertz CT molecular complexity index is 725. The Labute approximate surface area is 188 Å². The zero-order valence-electron chi connectivity index (χ0n) is 20.1. The first-order valence-electron chi connectivity index (χ1n) is 11.9. The molecule has 1 N–H and O–H groups in total. The third kappa shape index (κ3) is 7.14. The van der Waals surface area contributed by atoms with Crippen LogP contribution in [-0.4, -0.2) is 73.3 Å². The second-order valence-electron chi connectivity index (χ2n) is 10.2. The van der Waals surface area contributed by atoms with Gasteiger partial charge in [0.2, 0.25) is 5.91 Å². The summed E-state index contributed by atoms with van der Waals surface area (Å²) in [6.45, 7) is 14.1. The molecule has 3 rings (SSSR count). The number of rotatable bonds is 8. The molecule has 7 nitrogen and oxygen atoms in total. The van der Waals surface area contributed by atoms with Gasteiger partial charge in [0, 0.05) is 69.9 Å². The fourth-order valence-electron chi connectivity index (χ4n) is 4.64. The van der Waals surface area contributed by atoms with E-state index in [1.807, 2.05) is 0 Å². The molecule has 1 aliphatic carbocycles. The van der Waals surface area contributed by atoms with Crippen molar-refractivity contribution in [3.05, 3.63) is 17.6 Å². The Balaban J connectivity index is 1.51. The van der Waals surface area contributed by atoms with E-state index in [1.165, 1.54) is 12.8 Å². The van der Waals surface area contributed by atoms with E-state index in [1.54, 1.807) is 14.0 Å². The van der Waals surface area contributed by atoms with Gasteiger partial charge in [-0.1, -0.05) is 20.8 Å². The number of nitrogens with one attached hydrogen (secondary N) is 1. The van der Waals surface area contributed by atoms with Crippen molar-refractivity contribution in [3.8, 4) is 0 Å². The van der Waals surface area contributed by atoms with Gasteiger partial charge in [0.05, 0.1) is 6.61 Å². The summed E-state index contributed by atoms with van der Waals surface area (Å²) in [4.78, 5) is 26.0. The highest BCUT2D eigenvalue weighted by Gasteiger charge is 2.27. The summed E-state index contributed by atoms with van der Waals surface area (Å²) >= 11 is 0. The second-order valence-corrected chi connectivity index (χ2v) is 10.2. The quantitative estimate of drug-likeness (QED) is 0.683. The van der Waals surface area contributed by atoms with Crippen LogP contribution in [0.25, 0.3) is 0 Å². The average Bonchev–Trinajstić information content (AvgIpc) is 3.17. The first-order valence-corrected chi connectivity index (χ1v) is 11.9. The Morgan fingerprint density at radius 3 is 2.58 bits per heavy atom. The summed E-state index contributed by atoms with van der Waals surface area (Å²) in [7, 11) is 1.73. The predicted molar refractivity (Wildman–Crippen MR) is 125 cm³/mol. The number of carbonyl (C=O) groups is 1. The predicted octanol–water partition coefficient (Wildman–Crippen LogP) is 2.78. The Hall–Kier alpha value is -1.73. The van der Waals surface area contributed by atoms with Gasteiger partial charge in [0.1, 0.15) is 11.6 Å². The minimum absolute atomic E-state index is 0.0734. The topological polar surface area (TPSA) is 70.6 Å². The summed E-state index contributed by atoms with van der Waals surface area (Å²) in [5.74, 6) is 2.81. The van der Waals surface area contributed by atoms with E-state index in [2.05, 4.69) is 42.0 Å². The van der Waals surface area contributed by atoms with E-state index in [-0.39, 0.29) is 11.3 Å². The maximum atomic E-state index is 11.3. The first kappa shape index (κ1) is 23.9. The van der Waals surface area contributed by atoms with Crippen molar-refractivity contribution < 1.29 is 9.53 Å². The van der Waals surface area contributed by atoms with Crippen LogP contribution in [0, 0.1) is 5.92 Å². The van der Waals surface area contributed by atoms with Crippen molar-refractivity contribution in [3.63, 3.8) is 0 Å². The van der Waals surface area contributed by atoms with Crippen LogP contribution in [0.5, 0.6) is 0 Å². The molecule has 31 heavy (non-hydrogen) atoms. The first-order chi connectivity index (χ1) is 14.7. The van der Waals surface area contributed by atoms with Crippen LogP contribution in [0.3, 0.4) is 0 Å².